The summed E-state index contributed by atoms with van der Waals surface area (Å²) >= 11 is 0. The minimum absolute atomic E-state index is 0.294. The first kappa shape index (κ1) is 18.8. The Morgan fingerprint density at radius 1 is 0.826 bits per heavy atom. The van der Waals surface area contributed by atoms with Gasteiger partial charge in [0, 0.05) is 25.7 Å². The van der Waals surface area contributed by atoms with Crippen LogP contribution in [0.3, 0.4) is 0 Å². The van der Waals surface area contributed by atoms with E-state index >= 15 is 0 Å². The maximum absolute atomic E-state index is 11.6. The standard InChI is InChI=1S/C19H34O3Si/c1-4-23(5-2,6-3)22-19(15-7-11-17(20)12-8-15)16-9-13-18(21)14-10-16/h15-16,19H,4-14H2,1-3H3. The van der Waals surface area contributed by atoms with Crippen LogP contribution < -0.4 is 0 Å². The fourth-order valence-electron chi connectivity index (χ4n) is 4.45. The van der Waals surface area contributed by atoms with Crippen molar-refractivity contribution in [2.45, 2.75) is 96.4 Å². The van der Waals surface area contributed by atoms with Gasteiger partial charge < -0.3 is 4.43 Å². The van der Waals surface area contributed by atoms with Crippen molar-refractivity contribution in [3.63, 3.8) is 0 Å². The number of hydrogen-bond donors (Lipinski definition) is 0. The van der Waals surface area contributed by atoms with E-state index in [0.29, 0.717) is 29.5 Å². The summed E-state index contributed by atoms with van der Waals surface area (Å²) in [6.07, 6.45) is 7.20. The van der Waals surface area contributed by atoms with E-state index in [-0.39, 0.29) is 0 Å². The second kappa shape index (κ2) is 8.57. The average molecular weight is 339 g/mol. The second-order valence-corrected chi connectivity index (χ2v) is 12.3. The summed E-state index contributed by atoms with van der Waals surface area (Å²) in [5, 5.41) is 0. The molecule has 0 aromatic carbocycles. The smallest absolute Gasteiger partial charge is 0.192 e. The molecule has 2 aliphatic carbocycles. The van der Waals surface area contributed by atoms with Gasteiger partial charge in [-0.05, 0) is 55.7 Å². The van der Waals surface area contributed by atoms with Gasteiger partial charge in [-0.25, -0.2) is 0 Å². The molecule has 0 radical (unpaired) electrons. The van der Waals surface area contributed by atoms with Crippen molar-refractivity contribution >= 4 is 19.9 Å². The normalized spacial score (nSPS) is 22.1. The summed E-state index contributed by atoms with van der Waals surface area (Å²) in [6, 6.07) is 3.52. The molecule has 3 nitrogen and oxygen atoms in total. The Morgan fingerprint density at radius 2 is 1.17 bits per heavy atom. The van der Waals surface area contributed by atoms with Crippen molar-refractivity contribution in [3.8, 4) is 0 Å². The molecule has 2 aliphatic rings. The number of ketones is 2. The number of carbonyl (C=O) groups excluding carboxylic acids is 2. The first-order valence-electron chi connectivity index (χ1n) is 9.74. The van der Waals surface area contributed by atoms with Gasteiger partial charge in [-0.15, -0.1) is 0 Å². The largest absolute Gasteiger partial charge is 0.413 e. The number of hydrogen-bond acceptors (Lipinski definition) is 3. The Balaban J connectivity index is 2.13. The third-order valence-corrected chi connectivity index (χ3v) is 11.1. The van der Waals surface area contributed by atoms with Crippen molar-refractivity contribution in [1.29, 1.82) is 0 Å². The van der Waals surface area contributed by atoms with Gasteiger partial charge in [0.25, 0.3) is 0 Å². The lowest BCUT2D eigenvalue weighted by molar-refractivity contribution is -0.122. The molecule has 0 spiro atoms. The van der Waals surface area contributed by atoms with Crippen molar-refractivity contribution < 1.29 is 14.0 Å². The van der Waals surface area contributed by atoms with Gasteiger partial charge in [0.15, 0.2) is 8.32 Å². The van der Waals surface area contributed by atoms with Crippen LogP contribution >= 0.6 is 0 Å². The van der Waals surface area contributed by atoms with E-state index in [4.69, 9.17) is 4.43 Å². The number of carbonyl (C=O) groups is 2. The molecular weight excluding hydrogens is 304 g/mol. The van der Waals surface area contributed by atoms with E-state index in [2.05, 4.69) is 20.8 Å². The molecule has 0 aromatic rings. The van der Waals surface area contributed by atoms with Gasteiger partial charge in [-0.3, -0.25) is 9.59 Å². The Kier molecular flexibility index (Phi) is 7.02. The molecule has 23 heavy (non-hydrogen) atoms. The third-order valence-electron chi connectivity index (χ3n) is 6.42. The first-order chi connectivity index (χ1) is 11.0. The molecular formula is C19H34O3Si. The van der Waals surface area contributed by atoms with Gasteiger partial charge in [0.05, 0.1) is 6.10 Å². The van der Waals surface area contributed by atoms with Crippen molar-refractivity contribution in [2.24, 2.45) is 11.8 Å². The van der Waals surface area contributed by atoms with Crippen LogP contribution in [0.1, 0.15) is 72.1 Å². The van der Waals surface area contributed by atoms with E-state index in [0.717, 1.165) is 51.4 Å². The van der Waals surface area contributed by atoms with Crippen LogP contribution in [0.2, 0.25) is 18.1 Å². The van der Waals surface area contributed by atoms with Crippen LogP contribution in [-0.4, -0.2) is 26.0 Å². The number of rotatable bonds is 7. The zero-order valence-corrected chi connectivity index (χ0v) is 16.2. The topological polar surface area (TPSA) is 43.4 Å². The molecule has 2 saturated carbocycles. The first-order valence-corrected chi connectivity index (χ1v) is 12.3. The zero-order valence-electron chi connectivity index (χ0n) is 15.2. The van der Waals surface area contributed by atoms with E-state index in [9.17, 15) is 9.59 Å². The highest BCUT2D eigenvalue weighted by Gasteiger charge is 2.40. The maximum Gasteiger partial charge on any atom is 0.192 e. The summed E-state index contributed by atoms with van der Waals surface area (Å²) in [5.74, 6) is 1.90. The van der Waals surface area contributed by atoms with Crippen LogP contribution in [0.15, 0.2) is 0 Å². The van der Waals surface area contributed by atoms with Crippen molar-refractivity contribution in [1.82, 2.24) is 0 Å². The molecule has 0 aromatic heterocycles. The Bertz CT molecular complexity index is 361. The monoisotopic (exact) mass is 338 g/mol. The maximum atomic E-state index is 11.6. The lowest BCUT2D eigenvalue weighted by Crippen LogP contribution is -2.47. The van der Waals surface area contributed by atoms with E-state index < -0.39 is 8.32 Å². The average Bonchev–Trinajstić information content (AvgIpc) is 2.59. The minimum atomic E-state index is -1.65. The lowest BCUT2D eigenvalue weighted by Gasteiger charge is -2.43. The van der Waals surface area contributed by atoms with Crippen LogP contribution in [0.4, 0.5) is 0 Å². The lowest BCUT2D eigenvalue weighted by atomic mass is 9.75. The molecule has 0 amide bonds. The van der Waals surface area contributed by atoms with Gasteiger partial charge in [-0.2, -0.15) is 0 Å². The molecule has 4 heteroatoms. The van der Waals surface area contributed by atoms with Crippen molar-refractivity contribution in [2.75, 3.05) is 0 Å². The fourth-order valence-corrected chi connectivity index (χ4v) is 7.41. The molecule has 0 unspecified atom stereocenters. The van der Waals surface area contributed by atoms with Gasteiger partial charge in [-0.1, -0.05) is 20.8 Å². The molecule has 0 N–H and O–H groups in total. The fraction of sp³-hybridized carbons (Fsp3) is 0.895. The summed E-state index contributed by atoms with van der Waals surface area (Å²) in [6.45, 7) is 6.85. The summed E-state index contributed by atoms with van der Waals surface area (Å²) in [5.41, 5.74) is 0. The van der Waals surface area contributed by atoms with Crippen molar-refractivity contribution in [3.05, 3.63) is 0 Å². The summed E-state index contributed by atoms with van der Waals surface area (Å²) < 4.78 is 6.95. The van der Waals surface area contributed by atoms with E-state index in [1.54, 1.807) is 0 Å². The van der Waals surface area contributed by atoms with E-state index in [1.807, 2.05) is 0 Å². The Labute approximate surface area is 142 Å². The van der Waals surface area contributed by atoms with Crippen LogP contribution in [0, 0.1) is 11.8 Å². The molecule has 0 saturated heterocycles. The quantitative estimate of drug-likeness (QED) is 0.620. The predicted molar refractivity (Wildman–Crippen MR) is 96.0 cm³/mol. The predicted octanol–water partition coefficient (Wildman–Crippen LogP) is 4.90. The second-order valence-electron chi connectivity index (χ2n) is 7.58. The van der Waals surface area contributed by atoms with Crippen LogP contribution in [-0.2, 0) is 14.0 Å². The van der Waals surface area contributed by atoms with Gasteiger partial charge in [0.1, 0.15) is 11.6 Å². The summed E-state index contributed by atoms with van der Waals surface area (Å²) in [7, 11) is -1.65. The van der Waals surface area contributed by atoms with E-state index in [1.165, 1.54) is 18.1 Å². The Morgan fingerprint density at radius 3 is 1.48 bits per heavy atom. The zero-order chi connectivity index (χ0) is 16.9. The SMILES string of the molecule is CC[Si](CC)(CC)OC(C1CCC(=O)CC1)C1CCC(=O)CC1. The summed E-state index contributed by atoms with van der Waals surface area (Å²) in [4.78, 5) is 23.3. The molecule has 132 valence electrons. The highest BCUT2D eigenvalue weighted by atomic mass is 28.4. The Hall–Kier alpha value is -0.483. The van der Waals surface area contributed by atoms with Gasteiger partial charge in [0.2, 0.25) is 0 Å². The van der Waals surface area contributed by atoms with Gasteiger partial charge >= 0.3 is 0 Å². The molecule has 0 atom stereocenters. The molecule has 0 bridgehead atoms. The van der Waals surface area contributed by atoms with Crippen LogP contribution in [0.5, 0.6) is 0 Å². The van der Waals surface area contributed by atoms with Crippen LogP contribution in [0.25, 0.3) is 0 Å². The molecule has 0 aliphatic heterocycles. The molecule has 2 fully saturated rings. The highest BCUT2D eigenvalue weighted by Crippen LogP contribution is 2.39. The molecule has 0 heterocycles. The molecule has 2 rings (SSSR count). The number of Topliss-reactive ketones (excluding diaryl/α,β-unsaturated/α-hetero) is 2. The third kappa shape index (κ3) is 4.76. The highest BCUT2D eigenvalue weighted by molar-refractivity contribution is 6.73. The minimum Gasteiger partial charge on any atom is -0.413 e.